The van der Waals surface area contributed by atoms with E-state index in [1.54, 1.807) is 12.1 Å². The van der Waals surface area contributed by atoms with E-state index < -0.39 is 0 Å². The highest BCUT2D eigenvalue weighted by molar-refractivity contribution is 5.98. The molecule has 0 spiro atoms. The van der Waals surface area contributed by atoms with Crippen molar-refractivity contribution < 1.29 is 4.79 Å². The first-order valence-electron chi connectivity index (χ1n) is 9.58. The number of hydrogen-bond acceptors (Lipinski definition) is 3. The summed E-state index contributed by atoms with van der Waals surface area (Å²) in [7, 11) is 0. The van der Waals surface area contributed by atoms with Gasteiger partial charge in [-0.3, -0.25) is 9.69 Å². The molecule has 0 aliphatic carbocycles. The van der Waals surface area contributed by atoms with Crippen molar-refractivity contribution >= 4 is 5.78 Å². The molecule has 2 aromatic carbocycles. The second-order valence-corrected chi connectivity index (χ2v) is 7.62. The maximum Gasteiger partial charge on any atom is 0.166 e. The first kappa shape index (κ1) is 17.0. The molecule has 0 saturated carbocycles. The molecule has 2 aromatic rings. The molecule has 26 heavy (non-hydrogen) atoms. The fraction of sp³-hybridized carbons (Fsp3) is 0.391. The summed E-state index contributed by atoms with van der Waals surface area (Å²) >= 11 is 0. The molecule has 0 radical (unpaired) electrons. The van der Waals surface area contributed by atoms with Crippen LogP contribution in [0, 0.1) is 17.2 Å². The van der Waals surface area contributed by atoms with Crippen molar-refractivity contribution in [2.24, 2.45) is 5.92 Å². The topological polar surface area (TPSA) is 44.1 Å². The number of carbonyl (C=O) groups is 1. The minimum Gasteiger partial charge on any atom is -0.294 e. The van der Waals surface area contributed by atoms with Crippen LogP contribution in [0.5, 0.6) is 0 Å². The molecule has 3 nitrogen and oxygen atoms in total. The molecule has 0 aromatic heterocycles. The quantitative estimate of drug-likeness (QED) is 0.763. The first-order valence-corrected chi connectivity index (χ1v) is 9.58. The molecule has 4 rings (SSSR count). The zero-order valence-corrected chi connectivity index (χ0v) is 15.0. The predicted molar refractivity (Wildman–Crippen MR) is 102 cm³/mol. The summed E-state index contributed by atoms with van der Waals surface area (Å²) in [6, 6.07) is 20.9. The third-order valence-corrected chi connectivity index (χ3v) is 6.00. The van der Waals surface area contributed by atoms with Crippen LogP contribution < -0.4 is 0 Å². The van der Waals surface area contributed by atoms with E-state index in [-0.39, 0.29) is 11.7 Å². The number of Topliss-reactive ketones (excluding diaryl/α,β-unsaturated/α-hetero) is 1. The summed E-state index contributed by atoms with van der Waals surface area (Å²) in [4.78, 5) is 15.6. The van der Waals surface area contributed by atoms with E-state index >= 15 is 0 Å². The number of fused-ring (bicyclic) bond motifs is 2. The van der Waals surface area contributed by atoms with Crippen molar-refractivity contribution in [3.05, 3.63) is 71.3 Å². The Labute approximate surface area is 155 Å². The highest BCUT2D eigenvalue weighted by atomic mass is 16.1. The number of nitriles is 1. The largest absolute Gasteiger partial charge is 0.294 e. The van der Waals surface area contributed by atoms with Gasteiger partial charge in [0, 0.05) is 30.1 Å². The van der Waals surface area contributed by atoms with Crippen LogP contribution in [-0.4, -0.2) is 22.8 Å². The summed E-state index contributed by atoms with van der Waals surface area (Å²) in [5, 5.41) is 8.93. The number of carbonyl (C=O) groups excluding carboxylic acids is 1. The molecule has 2 bridgehead atoms. The summed E-state index contributed by atoms with van der Waals surface area (Å²) in [6.45, 7) is 0.994. The fourth-order valence-corrected chi connectivity index (χ4v) is 4.69. The van der Waals surface area contributed by atoms with Gasteiger partial charge in [0.25, 0.3) is 0 Å². The van der Waals surface area contributed by atoms with Gasteiger partial charge in [0.05, 0.1) is 11.6 Å². The van der Waals surface area contributed by atoms with Crippen LogP contribution in [0.3, 0.4) is 0 Å². The molecule has 2 heterocycles. The Bertz CT molecular complexity index is 792. The van der Waals surface area contributed by atoms with E-state index in [0.29, 0.717) is 17.6 Å². The van der Waals surface area contributed by atoms with Crippen molar-refractivity contribution in [2.45, 2.75) is 50.7 Å². The Morgan fingerprint density at radius 1 is 1.00 bits per heavy atom. The van der Waals surface area contributed by atoms with Crippen LogP contribution >= 0.6 is 0 Å². The monoisotopic (exact) mass is 344 g/mol. The van der Waals surface area contributed by atoms with Gasteiger partial charge in [0.1, 0.15) is 0 Å². The Hall–Kier alpha value is -2.44. The van der Waals surface area contributed by atoms with E-state index in [0.717, 1.165) is 24.9 Å². The summed E-state index contributed by atoms with van der Waals surface area (Å²) in [5.41, 5.74) is 2.72. The van der Waals surface area contributed by atoms with Crippen molar-refractivity contribution in [1.82, 2.24) is 4.90 Å². The van der Waals surface area contributed by atoms with Crippen molar-refractivity contribution in [3.8, 4) is 6.07 Å². The maximum absolute atomic E-state index is 13.0. The lowest BCUT2D eigenvalue weighted by molar-refractivity contribution is 0.00906. The average molecular weight is 344 g/mol. The second kappa shape index (κ2) is 7.43. The lowest BCUT2D eigenvalue weighted by atomic mass is 9.75. The second-order valence-electron chi connectivity index (χ2n) is 7.62. The lowest BCUT2D eigenvalue weighted by Gasteiger charge is -2.48. The van der Waals surface area contributed by atoms with Gasteiger partial charge >= 0.3 is 0 Å². The Balaban J connectivity index is 1.48. The molecular formula is C23H24N2O. The maximum atomic E-state index is 13.0. The van der Waals surface area contributed by atoms with Crippen molar-refractivity contribution in [3.63, 3.8) is 0 Å². The van der Waals surface area contributed by atoms with E-state index in [2.05, 4.69) is 41.3 Å². The molecule has 2 fully saturated rings. The Morgan fingerprint density at radius 3 is 2.27 bits per heavy atom. The van der Waals surface area contributed by atoms with Gasteiger partial charge in [-0.05, 0) is 43.4 Å². The van der Waals surface area contributed by atoms with Gasteiger partial charge < -0.3 is 0 Å². The predicted octanol–water partition coefficient (Wildman–Crippen LogP) is 4.57. The fourth-order valence-electron chi connectivity index (χ4n) is 4.69. The molecule has 0 amide bonds. The van der Waals surface area contributed by atoms with E-state index in [1.165, 1.54) is 24.8 Å². The van der Waals surface area contributed by atoms with Gasteiger partial charge in [0.2, 0.25) is 0 Å². The molecule has 2 saturated heterocycles. The van der Waals surface area contributed by atoms with Gasteiger partial charge in [0.15, 0.2) is 5.78 Å². The highest BCUT2D eigenvalue weighted by Crippen LogP contribution is 2.39. The lowest BCUT2D eigenvalue weighted by Crippen LogP contribution is -2.52. The molecule has 3 heteroatoms. The number of nitrogens with zero attached hydrogens (tertiary/aromatic N) is 2. The molecule has 2 aliphatic heterocycles. The number of ketones is 1. The highest BCUT2D eigenvalue weighted by Gasteiger charge is 2.40. The van der Waals surface area contributed by atoms with E-state index in [4.69, 9.17) is 5.26 Å². The summed E-state index contributed by atoms with van der Waals surface area (Å²) in [5.74, 6) is 0.371. The number of hydrogen-bond donors (Lipinski definition) is 0. The van der Waals surface area contributed by atoms with Crippen LogP contribution in [0.4, 0.5) is 0 Å². The zero-order chi connectivity index (χ0) is 17.9. The number of piperidine rings is 2. The molecule has 2 unspecified atom stereocenters. The van der Waals surface area contributed by atoms with Gasteiger partial charge in [-0.15, -0.1) is 0 Å². The first-order chi connectivity index (χ1) is 12.7. The summed E-state index contributed by atoms with van der Waals surface area (Å²) < 4.78 is 0. The van der Waals surface area contributed by atoms with Crippen LogP contribution in [0.15, 0.2) is 54.6 Å². The molecule has 2 atom stereocenters. The van der Waals surface area contributed by atoms with E-state index in [9.17, 15) is 4.79 Å². The normalized spacial score (nSPS) is 25.4. The minimum atomic E-state index is 0.116. The molecule has 2 aliphatic rings. The van der Waals surface area contributed by atoms with Crippen LogP contribution in [0.2, 0.25) is 0 Å². The van der Waals surface area contributed by atoms with Crippen LogP contribution in [-0.2, 0) is 6.54 Å². The Morgan fingerprint density at radius 2 is 1.65 bits per heavy atom. The van der Waals surface area contributed by atoms with Crippen LogP contribution in [0.25, 0.3) is 0 Å². The van der Waals surface area contributed by atoms with Gasteiger partial charge in [-0.25, -0.2) is 0 Å². The van der Waals surface area contributed by atoms with E-state index in [1.807, 2.05) is 12.1 Å². The molecule has 0 N–H and O–H groups in total. The average Bonchev–Trinajstić information content (AvgIpc) is 2.68. The third kappa shape index (κ3) is 3.43. The minimum absolute atomic E-state index is 0.116. The third-order valence-electron chi connectivity index (χ3n) is 6.00. The van der Waals surface area contributed by atoms with Crippen molar-refractivity contribution in [2.75, 3.05) is 0 Å². The van der Waals surface area contributed by atoms with Gasteiger partial charge in [-0.1, -0.05) is 48.9 Å². The van der Waals surface area contributed by atoms with Crippen LogP contribution in [0.1, 0.15) is 53.6 Å². The Kier molecular flexibility index (Phi) is 4.86. The van der Waals surface area contributed by atoms with Crippen molar-refractivity contribution in [1.29, 1.82) is 5.26 Å². The van der Waals surface area contributed by atoms with Gasteiger partial charge in [-0.2, -0.15) is 5.26 Å². The number of rotatable bonds is 4. The SMILES string of the molecule is N#Cc1ccc(C(=O)C2CC3CCCC(C2)N3Cc2ccccc2)cc1. The standard InChI is InChI=1S/C23H24N2O/c24-15-17-9-11-19(12-10-17)23(26)20-13-21-7-4-8-22(14-20)25(21)16-18-5-2-1-3-6-18/h1-3,5-6,9-12,20-22H,4,7-8,13-14,16H2. The molecular weight excluding hydrogens is 320 g/mol. The smallest absolute Gasteiger partial charge is 0.166 e. The molecule has 132 valence electrons. The zero-order valence-electron chi connectivity index (χ0n) is 15.0. The number of benzene rings is 2. The summed E-state index contributed by atoms with van der Waals surface area (Å²) in [6.07, 6.45) is 5.59.